The predicted molar refractivity (Wildman–Crippen MR) is 54.5 cm³/mol. The maximum atomic E-state index is 12.6. The molecule has 0 aliphatic rings. The fourth-order valence-corrected chi connectivity index (χ4v) is 2.13. The Labute approximate surface area is 91.8 Å². The molecule has 0 bridgehead atoms. The summed E-state index contributed by atoms with van der Waals surface area (Å²) in [7, 11) is -4.45. The summed E-state index contributed by atoms with van der Waals surface area (Å²) >= 11 is 0. The summed E-state index contributed by atoms with van der Waals surface area (Å²) in [4.78, 5) is 10.7. The maximum absolute atomic E-state index is 12.6. The third-order valence-electron chi connectivity index (χ3n) is 1.99. The number of amides is 1. The number of carbonyl (C=O) groups is 1. The van der Waals surface area contributed by atoms with Crippen molar-refractivity contribution in [1.82, 2.24) is 0 Å². The normalized spacial score (nSPS) is 13.4. The van der Waals surface area contributed by atoms with Crippen LogP contribution in [0.2, 0.25) is 0 Å². The minimum Gasteiger partial charge on any atom is -0.370 e. The highest BCUT2D eigenvalue weighted by Gasteiger charge is 2.26. The first kappa shape index (κ1) is 12.6. The molecule has 1 aromatic rings. The van der Waals surface area contributed by atoms with Crippen LogP contribution in [0, 0.1) is 5.82 Å². The number of primary amides is 1. The summed E-state index contributed by atoms with van der Waals surface area (Å²) in [5, 5.41) is -1.45. The molecule has 0 radical (unpaired) electrons. The van der Waals surface area contributed by atoms with E-state index in [9.17, 15) is 17.6 Å². The van der Waals surface area contributed by atoms with Gasteiger partial charge in [0.05, 0.1) is 0 Å². The zero-order valence-electron chi connectivity index (χ0n) is 8.13. The second-order valence-electron chi connectivity index (χ2n) is 3.23. The Hall–Kier alpha value is -1.47. The molecule has 3 N–H and O–H groups in total. The number of benzene rings is 1. The number of rotatable bonds is 4. The van der Waals surface area contributed by atoms with Crippen molar-refractivity contribution in [3.05, 3.63) is 35.6 Å². The molecule has 0 aromatic heterocycles. The largest absolute Gasteiger partial charge is 0.370 e. The van der Waals surface area contributed by atoms with E-state index in [2.05, 4.69) is 0 Å². The average Bonchev–Trinajstić information content (AvgIpc) is 2.14. The molecule has 0 aliphatic heterocycles. The Bertz CT molecular complexity index is 483. The summed E-state index contributed by atoms with van der Waals surface area (Å²) in [5.74, 6) is -1.41. The third kappa shape index (κ3) is 3.28. The second kappa shape index (κ2) is 4.58. The SMILES string of the molecule is NC(=O)CC(c1ccc(F)cc1)S(=O)(=O)O. The lowest BCUT2D eigenvalue weighted by molar-refractivity contribution is -0.118. The van der Waals surface area contributed by atoms with Crippen molar-refractivity contribution in [1.29, 1.82) is 0 Å². The minimum atomic E-state index is -4.45. The molecule has 1 aromatic carbocycles. The van der Waals surface area contributed by atoms with Gasteiger partial charge in [0.2, 0.25) is 5.91 Å². The van der Waals surface area contributed by atoms with Gasteiger partial charge in [-0.2, -0.15) is 8.42 Å². The van der Waals surface area contributed by atoms with Crippen LogP contribution in [0.3, 0.4) is 0 Å². The summed E-state index contributed by atoms with van der Waals surface area (Å²) in [6.45, 7) is 0. The van der Waals surface area contributed by atoms with Crippen LogP contribution in [0.25, 0.3) is 0 Å². The molecule has 88 valence electrons. The van der Waals surface area contributed by atoms with Crippen LogP contribution in [-0.2, 0) is 14.9 Å². The van der Waals surface area contributed by atoms with Gasteiger partial charge in [0, 0.05) is 6.42 Å². The number of hydrogen-bond acceptors (Lipinski definition) is 3. The maximum Gasteiger partial charge on any atom is 0.272 e. The molecule has 1 amide bonds. The number of hydrogen-bond donors (Lipinski definition) is 2. The van der Waals surface area contributed by atoms with E-state index in [4.69, 9.17) is 10.3 Å². The van der Waals surface area contributed by atoms with Crippen molar-refractivity contribution in [3.63, 3.8) is 0 Å². The fourth-order valence-electron chi connectivity index (χ4n) is 1.26. The van der Waals surface area contributed by atoms with Gasteiger partial charge in [0.25, 0.3) is 10.1 Å². The molecule has 0 spiro atoms. The van der Waals surface area contributed by atoms with Crippen molar-refractivity contribution < 1.29 is 22.2 Å². The Morgan fingerprint density at radius 3 is 2.25 bits per heavy atom. The van der Waals surface area contributed by atoms with Crippen LogP contribution in [0.5, 0.6) is 0 Å². The predicted octanol–water partition coefficient (Wildman–Crippen LogP) is 0.630. The van der Waals surface area contributed by atoms with Gasteiger partial charge in [-0.05, 0) is 17.7 Å². The van der Waals surface area contributed by atoms with Gasteiger partial charge in [0.15, 0.2) is 0 Å². The average molecular weight is 247 g/mol. The van der Waals surface area contributed by atoms with E-state index < -0.39 is 33.5 Å². The lowest BCUT2D eigenvalue weighted by Gasteiger charge is -2.12. The highest BCUT2D eigenvalue weighted by molar-refractivity contribution is 7.86. The van der Waals surface area contributed by atoms with Crippen molar-refractivity contribution in [3.8, 4) is 0 Å². The first-order valence-electron chi connectivity index (χ1n) is 4.31. The van der Waals surface area contributed by atoms with Gasteiger partial charge >= 0.3 is 0 Å². The lowest BCUT2D eigenvalue weighted by atomic mass is 10.1. The minimum absolute atomic E-state index is 0.114. The van der Waals surface area contributed by atoms with Crippen molar-refractivity contribution in [2.45, 2.75) is 11.7 Å². The Morgan fingerprint density at radius 1 is 1.38 bits per heavy atom. The molecular weight excluding hydrogens is 237 g/mol. The van der Waals surface area contributed by atoms with E-state index in [1.54, 1.807) is 0 Å². The van der Waals surface area contributed by atoms with E-state index in [-0.39, 0.29) is 5.56 Å². The third-order valence-corrected chi connectivity index (χ3v) is 3.15. The molecular formula is C9H10FNO4S. The van der Waals surface area contributed by atoms with E-state index in [1.165, 1.54) is 12.1 Å². The lowest BCUT2D eigenvalue weighted by Crippen LogP contribution is -2.21. The van der Waals surface area contributed by atoms with Crippen LogP contribution in [0.1, 0.15) is 17.2 Å². The van der Waals surface area contributed by atoms with E-state index >= 15 is 0 Å². The van der Waals surface area contributed by atoms with E-state index in [0.29, 0.717) is 0 Å². The summed E-state index contributed by atoms with van der Waals surface area (Å²) in [6, 6.07) is 4.43. The van der Waals surface area contributed by atoms with Gasteiger partial charge in [-0.1, -0.05) is 12.1 Å². The van der Waals surface area contributed by atoms with Crippen LogP contribution in [0.4, 0.5) is 4.39 Å². The number of halogens is 1. The summed E-state index contributed by atoms with van der Waals surface area (Å²) < 4.78 is 43.5. The molecule has 1 unspecified atom stereocenters. The van der Waals surface area contributed by atoms with Gasteiger partial charge in [-0.25, -0.2) is 4.39 Å². The van der Waals surface area contributed by atoms with Crippen LogP contribution < -0.4 is 5.73 Å². The molecule has 0 fully saturated rings. The van der Waals surface area contributed by atoms with Gasteiger partial charge in [-0.3, -0.25) is 9.35 Å². The van der Waals surface area contributed by atoms with Crippen molar-refractivity contribution in [2.75, 3.05) is 0 Å². The Kier molecular flexibility index (Phi) is 3.61. The highest BCUT2D eigenvalue weighted by Crippen LogP contribution is 2.24. The smallest absolute Gasteiger partial charge is 0.272 e. The fraction of sp³-hybridized carbons (Fsp3) is 0.222. The molecule has 16 heavy (non-hydrogen) atoms. The molecule has 1 atom stereocenters. The van der Waals surface area contributed by atoms with Gasteiger partial charge in [0.1, 0.15) is 11.1 Å². The molecule has 0 aliphatic carbocycles. The molecule has 7 heteroatoms. The first-order chi connectivity index (χ1) is 7.30. The highest BCUT2D eigenvalue weighted by atomic mass is 32.2. The number of nitrogens with two attached hydrogens (primary N) is 1. The Morgan fingerprint density at radius 2 is 1.88 bits per heavy atom. The molecule has 0 heterocycles. The topological polar surface area (TPSA) is 97.5 Å². The van der Waals surface area contributed by atoms with Gasteiger partial charge < -0.3 is 5.73 Å². The molecule has 0 saturated carbocycles. The van der Waals surface area contributed by atoms with Crippen LogP contribution in [0.15, 0.2) is 24.3 Å². The van der Waals surface area contributed by atoms with Gasteiger partial charge in [-0.15, -0.1) is 0 Å². The zero-order valence-corrected chi connectivity index (χ0v) is 8.95. The van der Waals surface area contributed by atoms with Crippen LogP contribution in [-0.4, -0.2) is 18.9 Å². The number of carbonyl (C=O) groups excluding carboxylic acids is 1. The van der Waals surface area contributed by atoms with E-state index in [1.807, 2.05) is 0 Å². The van der Waals surface area contributed by atoms with Crippen molar-refractivity contribution in [2.24, 2.45) is 5.73 Å². The summed E-state index contributed by atoms with van der Waals surface area (Å²) in [6.07, 6.45) is -0.551. The van der Waals surface area contributed by atoms with E-state index in [0.717, 1.165) is 12.1 Å². The Balaban J connectivity index is 3.11. The monoisotopic (exact) mass is 247 g/mol. The summed E-state index contributed by atoms with van der Waals surface area (Å²) in [5.41, 5.74) is 4.98. The van der Waals surface area contributed by atoms with Crippen molar-refractivity contribution >= 4 is 16.0 Å². The second-order valence-corrected chi connectivity index (χ2v) is 4.82. The standard InChI is InChI=1S/C9H10FNO4S/c10-7-3-1-6(2-4-7)8(5-9(11)12)16(13,14)15/h1-4,8H,5H2,(H2,11,12)(H,13,14,15). The van der Waals surface area contributed by atoms with Crippen LogP contribution >= 0.6 is 0 Å². The molecule has 0 saturated heterocycles. The first-order valence-corrected chi connectivity index (χ1v) is 5.81. The molecule has 1 rings (SSSR count). The zero-order chi connectivity index (χ0) is 12.3. The molecule has 5 nitrogen and oxygen atoms in total. The quantitative estimate of drug-likeness (QED) is 0.762.